The van der Waals surface area contributed by atoms with E-state index in [9.17, 15) is 4.79 Å². The topological polar surface area (TPSA) is 55.1 Å². The van der Waals surface area contributed by atoms with Gasteiger partial charge in [-0.2, -0.15) is 0 Å². The van der Waals surface area contributed by atoms with Crippen molar-refractivity contribution in [2.24, 2.45) is 11.7 Å². The van der Waals surface area contributed by atoms with Crippen molar-refractivity contribution < 1.29 is 4.79 Å². The molecule has 0 aliphatic heterocycles. The van der Waals surface area contributed by atoms with E-state index in [1.807, 2.05) is 0 Å². The lowest BCUT2D eigenvalue weighted by atomic mass is 9.97. The molecule has 0 spiro atoms. The largest absolute Gasteiger partial charge is 0.350 e. The first-order valence-corrected chi connectivity index (χ1v) is 6.05. The number of carbonyl (C=O) groups is 1. The van der Waals surface area contributed by atoms with Crippen LogP contribution in [-0.4, -0.2) is 17.5 Å². The molecule has 0 aromatic heterocycles. The maximum atomic E-state index is 11.8. The van der Waals surface area contributed by atoms with Crippen LogP contribution in [0, 0.1) is 5.92 Å². The second kappa shape index (κ2) is 4.97. The van der Waals surface area contributed by atoms with Gasteiger partial charge >= 0.3 is 0 Å². The molecule has 1 aliphatic carbocycles. The molecule has 1 aliphatic rings. The molecule has 1 atom stereocenters. The van der Waals surface area contributed by atoms with E-state index in [1.165, 1.54) is 12.8 Å². The van der Waals surface area contributed by atoms with Crippen LogP contribution in [0.25, 0.3) is 0 Å². The number of hydrogen-bond acceptors (Lipinski definition) is 2. The Morgan fingerprint density at radius 1 is 1.53 bits per heavy atom. The quantitative estimate of drug-likeness (QED) is 0.705. The number of carbonyl (C=O) groups excluding carboxylic acids is 1. The zero-order valence-electron chi connectivity index (χ0n) is 10.2. The third-order valence-electron chi connectivity index (χ3n) is 3.25. The Morgan fingerprint density at radius 3 is 2.60 bits per heavy atom. The summed E-state index contributed by atoms with van der Waals surface area (Å²) in [5.41, 5.74) is 5.75. The summed E-state index contributed by atoms with van der Waals surface area (Å²) in [6, 6.07) is -0.331. The Morgan fingerprint density at radius 2 is 2.13 bits per heavy atom. The van der Waals surface area contributed by atoms with Crippen LogP contribution >= 0.6 is 0 Å². The smallest absolute Gasteiger partial charge is 0.237 e. The van der Waals surface area contributed by atoms with Gasteiger partial charge in [0.05, 0.1) is 6.04 Å². The zero-order valence-corrected chi connectivity index (χ0v) is 10.2. The van der Waals surface area contributed by atoms with Crippen molar-refractivity contribution in [3.05, 3.63) is 0 Å². The fourth-order valence-corrected chi connectivity index (χ4v) is 1.87. The molecule has 1 unspecified atom stereocenters. The van der Waals surface area contributed by atoms with E-state index in [1.54, 1.807) is 0 Å². The van der Waals surface area contributed by atoms with Gasteiger partial charge in [0, 0.05) is 5.54 Å². The van der Waals surface area contributed by atoms with Gasteiger partial charge in [-0.1, -0.05) is 19.8 Å². The van der Waals surface area contributed by atoms with E-state index < -0.39 is 0 Å². The standard InChI is InChI=1S/C12H24N2O/c1-4-5-6-10(13)11(15)14-12(2,3)9-7-8-9/h9-10H,4-8,13H2,1-3H3,(H,14,15). The molecule has 0 radical (unpaired) electrons. The van der Waals surface area contributed by atoms with Crippen LogP contribution in [0.4, 0.5) is 0 Å². The predicted molar refractivity (Wildman–Crippen MR) is 62.4 cm³/mol. The van der Waals surface area contributed by atoms with Crippen LogP contribution in [0.5, 0.6) is 0 Å². The van der Waals surface area contributed by atoms with Crippen LogP contribution < -0.4 is 11.1 Å². The summed E-state index contributed by atoms with van der Waals surface area (Å²) in [4.78, 5) is 11.8. The molecule has 3 heteroatoms. The summed E-state index contributed by atoms with van der Waals surface area (Å²) in [5.74, 6) is 0.667. The van der Waals surface area contributed by atoms with Crippen LogP contribution in [0.1, 0.15) is 52.9 Å². The maximum Gasteiger partial charge on any atom is 0.237 e. The van der Waals surface area contributed by atoms with E-state index in [0.29, 0.717) is 5.92 Å². The van der Waals surface area contributed by atoms with Gasteiger partial charge in [0.15, 0.2) is 0 Å². The second-order valence-electron chi connectivity index (χ2n) is 5.23. The van der Waals surface area contributed by atoms with Gasteiger partial charge in [0.25, 0.3) is 0 Å². The summed E-state index contributed by atoms with van der Waals surface area (Å²) >= 11 is 0. The number of amides is 1. The van der Waals surface area contributed by atoms with E-state index in [-0.39, 0.29) is 17.5 Å². The summed E-state index contributed by atoms with van der Waals surface area (Å²) in [6.07, 6.45) is 5.38. The number of nitrogens with two attached hydrogens (primary N) is 1. The predicted octanol–water partition coefficient (Wildman–Crippen LogP) is 1.81. The molecule has 3 nitrogen and oxygen atoms in total. The highest BCUT2D eigenvalue weighted by molar-refractivity contribution is 5.82. The minimum atomic E-state index is -0.331. The first kappa shape index (κ1) is 12.5. The van der Waals surface area contributed by atoms with Crippen molar-refractivity contribution in [2.45, 2.75) is 64.5 Å². The van der Waals surface area contributed by atoms with E-state index in [0.717, 1.165) is 19.3 Å². The molecule has 1 rings (SSSR count). The Labute approximate surface area is 92.8 Å². The number of rotatable bonds is 6. The molecule has 0 saturated heterocycles. The van der Waals surface area contributed by atoms with E-state index in [4.69, 9.17) is 5.73 Å². The van der Waals surface area contributed by atoms with Crippen LogP contribution in [0.3, 0.4) is 0 Å². The van der Waals surface area contributed by atoms with Crippen molar-refractivity contribution in [2.75, 3.05) is 0 Å². The van der Waals surface area contributed by atoms with Crippen molar-refractivity contribution in [3.8, 4) is 0 Å². The third-order valence-corrected chi connectivity index (χ3v) is 3.25. The van der Waals surface area contributed by atoms with Gasteiger partial charge in [-0.15, -0.1) is 0 Å². The van der Waals surface area contributed by atoms with Crippen molar-refractivity contribution in [1.82, 2.24) is 5.32 Å². The molecule has 88 valence electrons. The third kappa shape index (κ3) is 3.82. The van der Waals surface area contributed by atoms with Crippen LogP contribution in [0.2, 0.25) is 0 Å². The Balaban J connectivity index is 2.33. The molecule has 0 aromatic carbocycles. The molecular formula is C12H24N2O. The van der Waals surface area contributed by atoms with Gasteiger partial charge in [-0.05, 0) is 39.0 Å². The fourth-order valence-electron chi connectivity index (χ4n) is 1.87. The molecule has 1 saturated carbocycles. The monoisotopic (exact) mass is 212 g/mol. The van der Waals surface area contributed by atoms with Crippen molar-refractivity contribution >= 4 is 5.91 Å². The molecule has 0 aromatic rings. The summed E-state index contributed by atoms with van der Waals surface area (Å²) in [6.45, 7) is 6.29. The molecule has 1 amide bonds. The number of nitrogens with one attached hydrogen (secondary N) is 1. The summed E-state index contributed by atoms with van der Waals surface area (Å²) < 4.78 is 0. The summed E-state index contributed by atoms with van der Waals surface area (Å²) in [7, 11) is 0. The highest BCUT2D eigenvalue weighted by Gasteiger charge is 2.39. The Bertz CT molecular complexity index is 222. The molecule has 15 heavy (non-hydrogen) atoms. The van der Waals surface area contributed by atoms with Crippen molar-refractivity contribution in [1.29, 1.82) is 0 Å². The van der Waals surface area contributed by atoms with E-state index >= 15 is 0 Å². The highest BCUT2D eigenvalue weighted by atomic mass is 16.2. The lowest BCUT2D eigenvalue weighted by molar-refractivity contribution is -0.124. The molecule has 1 fully saturated rings. The fraction of sp³-hybridized carbons (Fsp3) is 0.917. The van der Waals surface area contributed by atoms with Crippen molar-refractivity contribution in [3.63, 3.8) is 0 Å². The van der Waals surface area contributed by atoms with Gasteiger partial charge in [-0.25, -0.2) is 0 Å². The molecule has 0 heterocycles. The Kier molecular flexibility index (Phi) is 4.14. The van der Waals surface area contributed by atoms with Gasteiger partial charge in [0.1, 0.15) is 0 Å². The lowest BCUT2D eigenvalue weighted by Crippen LogP contribution is -2.51. The normalized spacial score (nSPS) is 18.7. The number of hydrogen-bond donors (Lipinski definition) is 2. The highest BCUT2D eigenvalue weighted by Crippen LogP contribution is 2.39. The van der Waals surface area contributed by atoms with Crippen LogP contribution in [-0.2, 0) is 4.79 Å². The van der Waals surface area contributed by atoms with Gasteiger partial charge < -0.3 is 11.1 Å². The second-order valence-corrected chi connectivity index (χ2v) is 5.23. The Hall–Kier alpha value is -0.570. The first-order chi connectivity index (χ1) is 6.97. The number of unbranched alkanes of at least 4 members (excludes halogenated alkanes) is 1. The SMILES string of the molecule is CCCCC(N)C(=O)NC(C)(C)C1CC1. The van der Waals surface area contributed by atoms with E-state index in [2.05, 4.69) is 26.1 Å². The maximum absolute atomic E-state index is 11.8. The molecule has 0 bridgehead atoms. The molecular weight excluding hydrogens is 188 g/mol. The zero-order chi connectivity index (χ0) is 11.5. The van der Waals surface area contributed by atoms with Gasteiger partial charge in [-0.3, -0.25) is 4.79 Å². The van der Waals surface area contributed by atoms with Crippen LogP contribution in [0.15, 0.2) is 0 Å². The lowest BCUT2D eigenvalue weighted by Gasteiger charge is -2.27. The summed E-state index contributed by atoms with van der Waals surface area (Å²) in [5, 5.41) is 3.06. The molecule has 3 N–H and O–H groups in total. The average Bonchev–Trinajstić information content (AvgIpc) is 2.96. The van der Waals surface area contributed by atoms with Gasteiger partial charge in [0.2, 0.25) is 5.91 Å². The minimum Gasteiger partial charge on any atom is -0.350 e. The first-order valence-electron chi connectivity index (χ1n) is 6.05. The minimum absolute atomic E-state index is 0.0142. The average molecular weight is 212 g/mol.